The van der Waals surface area contributed by atoms with Gasteiger partial charge < -0.3 is 19.7 Å². The highest BCUT2D eigenvalue weighted by atomic mass is 32.1. The van der Waals surface area contributed by atoms with Crippen molar-refractivity contribution in [3.05, 3.63) is 21.4 Å². The number of hydrogen-bond acceptors (Lipinski definition) is 6. The van der Waals surface area contributed by atoms with E-state index in [4.69, 9.17) is 9.47 Å². The molecule has 7 nitrogen and oxygen atoms in total. The first kappa shape index (κ1) is 21.6. The topological polar surface area (TPSA) is 84.9 Å². The van der Waals surface area contributed by atoms with E-state index in [0.29, 0.717) is 37.4 Å². The highest BCUT2D eigenvalue weighted by Crippen LogP contribution is 2.28. The standard InChI is InChI=1S/C21H30N2O5S/c1-2-27-21(26)23-11-9-16(10-12-23)22-19(24)14-28-20(25)18-13-15-7-5-3-4-6-8-17(15)29-18/h13,16H,2-12,14H2,1H3,(H,22,24). The van der Waals surface area contributed by atoms with Gasteiger partial charge in [0.25, 0.3) is 5.91 Å². The number of esters is 1. The van der Waals surface area contributed by atoms with Gasteiger partial charge in [-0.3, -0.25) is 4.79 Å². The largest absolute Gasteiger partial charge is 0.451 e. The molecule has 1 saturated heterocycles. The fourth-order valence-corrected chi connectivity index (χ4v) is 4.98. The van der Waals surface area contributed by atoms with Crippen molar-refractivity contribution in [2.75, 3.05) is 26.3 Å². The molecule has 1 aliphatic heterocycles. The molecular weight excluding hydrogens is 392 g/mol. The Bertz CT molecular complexity index is 699. The van der Waals surface area contributed by atoms with Gasteiger partial charge in [-0.25, -0.2) is 9.59 Å². The zero-order chi connectivity index (χ0) is 20.6. The number of carbonyl (C=O) groups excluding carboxylic acids is 3. The second kappa shape index (κ2) is 10.6. The molecule has 0 bridgehead atoms. The third kappa shape index (κ3) is 6.19. The Morgan fingerprint density at radius 3 is 2.55 bits per heavy atom. The van der Waals surface area contributed by atoms with E-state index in [1.165, 1.54) is 41.0 Å². The Labute approximate surface area is 175 Å². The Morgan fingerprint density at radius 2 is 1.83 bits per heavy atom. The first-order valence-electron chi connectivity index (χ1n) is 10.6. The number of nitrogens with one attached hydrogen (secondary N) is 1. The van der Waals surface area contributed by atoms with Gasteiger partial charge in [-0.15, -0.1) is 11.3 Å². The Morgan fingerprint density at radius 1 is 1.10 bits per heavy atom. The monoisotopic (exact) mass is 422 g/mol. The average molecular weight is 423 g/mol. The predicted octanol–water partition coefficient (Wildman–Crippen LogP) is 3.30. The van der Waals surface area contributed by atoms with Crippen molar-refractivity contribution < 1.29 is 23.9 Å². The fraction of sp³-hybridized carbons (Fsp3) is 0.667. The number of carbonyl (C=O) groups is 3. The average Bonchev–Trinajstić information content (AvgIpc) is 3.09. The number of fused-ring (bicyclic) bond motifs is 1. The van der Waals surface area contributed by atoms with E-state index in [1.54, 1.807) is 11.8 Å². The summed E-state index contributed by atoms with van der Waals surface area (Å²) >= 11 is 1.50. The van der Waals surface area contributed by atoms with Crippen LogP contribution >= 0.6 is 11.3 Å². The lowest BCUT2D eigenvalue weighted by Crippen LogP contribution is -2.47. The second-order valence-electron chi connectivity index (χ2n) is 7.58. The van der Waals surface area contributed by atoms with Crippen molar-refractivity contribution in [1.82, 2.24) is 10.2 Å². The van der Waals surface area contributed by atoms with Gasteiger partial charge in [-0.2, -0.15) is 0 Å². The van der Waals surface area contributed by atoms with Crippen LogP contribution < -0.4 is 5.32 Å². The van der Waals surface area contributed by atoms with Crippen molar-refractivity contribution in [3.63, 3.8) is 0 Å². The Balaban J connectivity index is 1.41. The zero-order valence-corrected chi connectivity index (χ0v) is 17.9. The SMILES string of the molecule is CCOC(=O)N1CCC(NC(=O)COC(=O)c2cc3c(s2)CCCCCC3)CC1. The molecule has 1 aromatic heterocycles. The third-order valence-electron chi connectivity index (χ3n) is 5.42. The number of nitrogens with zero attached hydrogens (tertiary/aromatic N) is 1. The van der Waals surface area contributed by atoms with Crippen LogP contribution in [0.2, 0.25) is 0 Å². The lowest BCUT2D eigenvalue weighted by Gasteiger charge is -2.31. The molecule has 8 heteroatoms. The van der Waals surface area contributed by atoms with Crippen LogP contribution in [0.25, 0.3) is 0 Å². The number of hydrogen-bond donors (Lipinski definition) is 1. The molecule has 2 aliphatic rings. The molecule has 2 heterocycles. The molecule has 1 N–H and O–H groups in total. The molecule has 2 amide bonds. The van der Waals surface area contributed by atoms with Crippen LogP contribution in [0.3, 0.4) is 0 Å². The summed E-state index contributed by atoms with van der Waals surface area (Å²) in [5, 5.41) is 2.89. The van der Waals surface area contributed by atoms with Gasteiger partial charge in [-0.05, 0) is 57.1 Å². The molecule has 0 unspecified atom stereocenters. The van der Waals surface area contributed by atoms with Crippen LogP contribution in [0.1, 0.15) is 65.6 Å². The minimum absolute atomic E-state index is 0.0200. The number of rotatable bonds is 5. The summed E-state index contributed by atoms with van der Waals surface area (Å²) in [5.41, 5.74) is 1.26. The predicted molar refractivity (Wildman–Crippen MR) is 110 cm³/mol. The van der Waals surface area contributed by atoms with Gasteiger partial charge >= 0.3 is 12.1 Å². The van der Waals surface area contributed by atoms with E-state index < -0.39 is 5.97 Å². The van der Waals surface area contributed by atoms with E-state index in [0.717, 1.165) is 19.3 Å². The molecule has 1 aliphatic carbocycles. The maximum absolute atomic E-state index is 12.4. The van der Waals surface area contributed by atoms with Crippen molar-refractivity contribution in [3.8, 4) is 0 Å². The summed E-state index contributed by atoms with van der Waals surface area (Å²) in [6, 6.07) is 1.92. The first-order chi connectivity index (χ1) is 14.1. The van der Waals surface area contributed by atoms with Gasteiger partial charge in [0.1, 0.15) is 4.88 Å². The fourth-order valence-electron chi connectivity index (χ4n) is 3.84. The van der Waals surface area contributed by atoms with Gasteiger partial charge in [0.05, 0.1) is 6.61 Å². The number of ether oxygens (including phenoxy) is 2. The molecule has 0 aromatic carbocycles. The smallest absolute Gasteiger partial charge is 0.409 e. The highest BCUT2D eigenvalue weighted by molar-refractivity contribution is 7.14. The molecule has 0 spiro atoms. The van der Waals surface area contributed by atoms with Gasteiger partial charge in [-0.1, -0.05) is 12.8 Å². The molecule has 0 radical (unpaired) electrons. The van der Waals surface area contributed by atoms with Gasteiger partial charge in [0, 0.05) is 24.0 Å². The quantitative estimate of drug-likeness (QED) is 0.736. The van der Waals surface area contributed by atoms with Gasteiger partial charge in [0.15, 0.2) is 6.61 Å². The minimum atomic E-state index is -0.422. The summed E-state index contributed by atoms with van der Waals surface area (Å²) < 4.78 is 10.2. The van der Waals surface area contributed by atoms with E-state index in [1.807, 2.05) is 6.07 Å². The van der Waals surface area contributed by atoms with E-state index in [9.17, 15) is 14.4 Å². The Kier molecular flexibility index (Phi) is 7.91. The van der Waals surface area contributed by atoms with E-state index in [-0.39, 0.29) is 24.6 Å². The molecule has 29 heavy (non-hydrogen) atoms. The molecule has 3 rings (SSSR count). The summed E-state index contributed by atoms with van der Waals surface area (Å²) in [6.07, 6.45) is 7.88. The molecule has 0 atom stereocenters. The van der Waals surface area contributed by atoms with E-state index in [2.05, 4.69) is 5.32 Å². The van der Waals surface area contributed by atoms with Crippen LogP contribution in [-0.4, -0.2) is 55.2 Å². The summed E-state index contributed by atoms with van der Waals surface area (Å²) in [5.74, 6) is -0.725. The normalized spacial score (nSPS) is 17.6. The molecule has 1 fully saturated rings. The molecular formula is C21H30N2O5S. The number of thiophene rings is 1. The van der Waals surface area contributed by atoms with Crippen molar-refractivity contribution in [2.45, 2.75) is 64.3 Å². The zero-order valence-electron chi connectivity index (χ0n) is 17.0. The minimum Gasteiger partial charge on any atom is -0.451 e. The Hall–Kier alpha value is -2.09. The lowest BCUT2D eigenvalue weighted by molar-refractivity contribution is -0.125. The summed E-state index contributed by atoms with van der Waals surface area (Å²) in [7, 11) is 0. The van der Waals surface area contributed by atoms with Crippen molar-refractivity contribution in [1.29, 1.82) is 0 Å². The molecule has 0 saturated carbocycles. The maximum Gasteiger partial charge on any atom is 0.409 e. The number of aryl methyl sites for hydroxylation is 2. The number of amides is 2. The molecule has 160 valence electrons. The second-order valence-corrected chi connectivity index (χ2v) is 8.71. The van der Waals surface area contributed by atoms with Crippen LogP contribution in [0.4, 0.5) is 4.79 Å². The van der Waals surface area contributed by atoms with Crippen LogP contribution in [0.15, 0.2) is 6.07 Å². The summed E-state index contributed by atoms with van der Waals surface area (Å²) in [4.78, 5) is 39.8. The molecule has 1 aromatic rings. The number of piperidine rings is 1. The van der Waals surface area contributed by atoms with Gasteiger partial charge in [0.2, 0.25) is 0 Å². The lowest BCUT2D eigenvalue weighted by atomic mass is 10.00. The number of likely N-dealkylation sites (tertiary alicyclic amines) is 1. The highest BCUT2D eigenvalue weighted by Gasteiger charge is 2.25. The van der Waals surface area contributed by atoms with Crippen molar-refractivity contribution >= 4 is 29.3 Å². The first-order valence-corrected chi connectivity index (χ1v) is 11.4. The van der Waals surface area contributed by atoms with Crippen LogP contribution in [-0.2, 0) is 27.1 Å². The van der Waals surface area contributed by atoms with E-state index >= 15 is 0 Å². The summed E-state index contributed by atoms with van der Waals surface area (Å²) in [6.45, 7) is 2.95. The maximum atomic E-state index is 12.4. The van der Waals surface area contributed by atoms with Crippen molar-refractivity contribution in [2.24, 2.45) is 0 Å². The van der Waals surface area contributed by atoms with Crippen LogP contribution in [0.5, 0.6) is 0 Å². The third-order valence-corrected chi connectivity index (χ3v) is 6.64. The van der Waals surface area contributed by atoms with Crippen LogP contribution in [0, 0.1) is 0 Å².